The van der Waals surface area contributed by atoms with Crippen molar-refractivity contribution in [2.45, 2.75) is 64.7 Å². The predicted octanol–water partition coefficient (Wildman–Crippen LogP) is 3.82. The Bertz CT molecular complexity index is 716. The largest absolute Gasteiger partial charge is 0.497 e. The van der Waals surface area contributed by atoms with Gasteiger partial charge in [0.2, 0.25) is 0 Å². The standard InChI is InChI=1S/C22H36N4O4.HI/c1-22(2,3)30-21(27)25-13-12-24-20(23-4)26-15-16-10-11-18(28-5)14-19(16)29-17-8-6-7-9-17;/h10-11,14,17H,6-9,12-13,15H2,1-5H3,(H,25,27)(H2,23,24,26);1H. The fourth-order valence-electron chi connectivity index (χ4n) is 3.16. The van der Waals surface area contributed by atoms with Crippen molar-refractivity contribution in [2.24, 2.45) is 4.99 Å². The molecule has 176 valence electrons. The van der Waals surface area contributed by atoms with Crippen molar-refractivity contribution in [3.05, 3.63) is 23.8 Å². The van der Waals surface area contributed by atoms with Crippen LogP contribution < -0.4 is 25.4 Å². The Morgan fingerprint density at radius 1 is 1.13 bits per heavy atom. The van der Waals surface area contributed by atoms with Crippen LogP contribution in [0.25, 0.3) is 0 Å². The van der Waals surface area contributed by atoms with Crippen LogP contribution in [0.5, 0.6) is 11.5 Å². The van der Waals surface area contributed by atoms with Crippen molar-refractivity contribution in [3.8, 4) is 11.5 Å². The molecule has 1 saturated carbocycles. The van der Waals surface area contributed by atoms with E-state index < -0.39 is 11.7 Å². The number of halogens is 1. The maximum absolute atomic E-state index is 11.7. The lowest BCUT2D eigenvalue weighted by Crippen LogP contribution is -2.42. The first-order chi connectivity index (χ1) is 14.3. The average molecular weight is 548 g/mol. The minimum atomic E-state index is -0.508. The Balaban J connectivity index is 0.00000480. The summed E-state index contributed by atoms with van der Waals surface area (Å²) in [5, 5.41) is 9.18. The number of rotatable bonds is 8. The summed E-state index contributed by atoms with van der Waals surface area (Å²) in [6, 6.07) is 5.88. The summed E-state index contributed by atoms with van der Waals surface area (Å²) in [7, 11) is 3.37. The minimum Gasteiger partial charge on any atom is -0.497 e. The number of nitrogens with zero attached hydrogens (tertiary/aromatic N) is 1. The lowest BCUT2D eigenvalue weighted by Gasteiger charge is -2.20. The summed E-state index contributed by atoms with van der Waals surface area (Å²) in [6.45, 7) is 7.01. The van der Waals surface area contributed by atoms with E-state index in [2.05, 4.69) is 20.9 Å². The number of carbonyl (C=O) groups excluding carboxylic acids is 1. The molecule has 0 spiro atoms. The molecule has 1 aromatic carbocycles. The topological polar surface area (TPSA) is 93.2 Å². The van der Waals surface area contributed by atoms with Gasteiger partial charge in [0, 0.05) is 38.3 Å². The number of nitrogens with one attached hydrogen (secondary N) is 3. The van der Waals surface area contributed by atoms with E-state index >= 15 is 0 Å². The molecule has 0 atom stereocenters. The van der Waals surface area contributed by atoms with E-state index in [0.717, 1.165) is 29.9 Å². The Labute approximate surface area is 202 Å². The predicted molar refractivity (Wildman–Crippen MR) is 134 cm³/mol. The van der Waals surface area contributed by atoms with Gasteiger partial charge in [0.1, 0.15) is 17.1 Å². The summed E-state index contributed by atoms with van der Waals surface area (Å²) in [4.78, 5) is 15.9. The Hall–Kier alpha value is -1.91. The minimum absolute atomic E-state index is 0. The molecule has 0 aliphatic heterocycles. The summed E-state index contributed by atoms with van der Waals surface area (Å²) in [6.07, 6.45) is 4.47. The lowest BCUT2D eigenvalue weighted by atomic mass is 10.2. The molecule has 1 aliphatic carbocycles. The van der Waals surface area contributed by atoms with Crippen molar-refractivity contribution in [3.63, 3.8) is 0 Å². The second-order valence-electron chi connectivity index (χ2n) is 8.28. The number of ether oxygens (including phenoxy) is 3. The molecule has 8 nitrogen and oxygen atoms in total. The number of amides is 1. The first-order valence-electron chi connectivity index (χ1n) is 10.6. The molecule has 1 aromatic rings. The molecule has 0 radical (unpaired) electrons. The zero-order valence-electron chi connectivity index (χ0n) is 19.2. The first kappa shape index (κ1) is 27.1. The van der Waals surface area contributed by atoms with Gasteiger partial charge in [-0.05, 0) is 58.6 Å². The lowest BCUT2D eigenvalue weighted by molar-refractivity contribution is 0.0529. The van der Waals surface area contributed by atoms with E-state index in [-0.39, 0.29) is 30.1 Å². The third-order valence-electron chi connectivity index (χ3n) is 4.63. The van der Waals surface area contributed by atoms with Crippen molar-refractivity contribution in [1.29, 1.82) is 0 Å². The molecule has 1 amide bonds. The second-order valence-corrected chi connectivity index (χ2v) is 8.28. The molecular weight excluding hydrogens is 511 g/mol. The van der Waals surface area contributed by atoms with Gasteiger partial charge in [-0.2, -0.15) is 0 Å². The smallest absolute Gasteiger partial charge is 0.407 e. The normalized spacial score (nSPS) is 14.4. The van der Waals surface area contributed by atoms with E-state index in [9.17, 15) is 4.79 Å². The third-order valence-corrected chi connectivity index (χ3v) is 4.63. The van der Waals surface area contributed by atoms with Crippen LogP contribution in [0.4, 0.5) is 4.79 Å². The molecule has 0 saturated heterocycles. The van der Waals surface area contributed by atoms with Crippen LogP contribution in [0, 0.1) is 0 Å². The highest BCUT2D eigenvalue weighted by molar-refractivity contribution is 14.0. The molecule has 0 aromatic heterocycles. The van der Waals surface area contributed by atoms with E-state index in [1.165, 1.54) is 12.8 Å². The van der Waals surface area contributed by atoms with E-state index in [0.29, 0.717) is 25.6 Å². The Kier molecular flexibility index (Phi) is 11.8. The molecule has 1 fully saturated rings. The molecule has 31 heavy (non-hydrogen) atoms. The van der Waals surface area contributed by atoms with Crippen LogP contribution in [-0.2, 0) is 11.3 Å². The molecule has 3 N–H and O–H groups in total. The number of guanidine groups is 1. The van der Waals surface area contributed by atoms with Crippen molar-refractivity contribution in [2.75, 3.05) is 27.2 Å². The third kappa shape index (κ3) is 10.3. The van der Waals surface area contributed by atoms with Gasteiger partial charge in [-0.3, -0.25) is 4.99 Å². The second kappa shape index (κ2) is 13.5. The quantitative estimate of drug-likeness (QED) is 0.198. The summed E-state index contributed by atoms with van der Waals surface area (Å²) >= 11 is 0. The molecule has 0 bridgehead atoms. The maximum atomic E-state index is 11.7. The van der Waals surface area contributed by atoms with Crippen molar-refractivity contribution >= 4 is 36.0 Å². The van der Waals surface area contributed by atoms with E-state index in [4.69, 9.17) is 14.2 Å². The van der Waals surface area contributed by atoms with Gasteiger partial charge < -0.3 is 30.2 Å². The highest BCUT2D eigenvalue weighted by Gasteiger charge is 2.19. The summed E-state index contributed by atoms with van der Waals surface area (Å²) in [5.74, 6) is 2.27. The van der Waals surface area contributed by atoms with Crippen LogP contribution in [0.2, 0.25) is 0 Å². The summed E-state index contributed by atoms with van der Waals surface area (Å²) in [5.41, 5.74) is 0.531. The zero-order chi connectivity index (χ0) is 22.0. The van der Waals surface area contributed by atoms with Gasteiger partial charge >= 0.3 is 6.09 Å². The van der Waals surface area contributed by atoms with Crippen molar-refractivity contribution < 1.29 is 19.0 Å². The highest BCUT2D eigenvalue weighted by Crippen LogP contribution is 2.29. The molecule has 9 heteroatoms. The number of hydrogen-bond acceptors (Lipinski definition) is 5. The SMILES string of the molecule is CN=C(NCCNC(=O)OC(C)(C)C)NCc1ccc(OC)cc1OC1CCCC1.I. The van der Waals surface area contributed by atoms with Crippen LogP contribution in [0.3, 0.4) is 0 Å². The van der Waals surface area contributed by atoms with Crippen LogP contribution >= 0.6 is 24.0 Å². The van der Waals surface area contributed by atoms with Gasteiger partial charge in [0.15, 0.2) is 5.96 Å². The Morgan fingerprint density at radius 2 is 1.81 bits per heavy atom. The molecule has 0 heterocycles. The number of aliphatic imine (C=N–C) groups is 1. The molecule has 1 aliphatic rings. The van der Waals surface area contributed by atoms with Crippen LogP contribution in [0.1, 0.15) is 52.0 Å². The molecule has 2 rings (SSSR count). The van der Waals surface area contributed by atoms with Gasteiger partial charge in [0.25, 0.3) is 0 Å². The van der Waals surface area contributed by atoms with E-state index in [1.54, 1.807) is 14.2 Å². The number of hydrogen-bond donors (Lipinski definition) is 3. The number of carbonyl (C=O) groups is 1. The maximum Gasteiger partial charge on any atom is 0.407 e. The average Bonchev–Trinajstić information content (AvgIpc) is 3.20. The van der Waals surface area contributed by atoms with Gasteiger partial charge in [-0.15, -0.1) is 24.0 Å². The molecule has 0 unspecified atom stereocenters. The summed E-state index contributed by atoms with van der Waals surface area (Å²) < 4.78 is 16.8. The van der Waals surface area contributed by atoms with Gasteiger partial charge in [-0.1, -0.05) is 0 Å². The van der Waals surface area contributed by atoms with E-state index in [1.807, 2.05) is 39.0 Å². The number of benzene rings is 1. The Morgan fingerprint density at radius 3 is 2.42 bits per heavy atom. The molecular formula is C22H37IN4O4. The fraction of sp³-hybridized carbons (Fsp3) is 0.636. The van der Waals surface area contributed by atoms with Gasteiger partial charge in [-0.25, -0.2) is 4.79 Å². The van der Waals surface area contributed by atoms with Crippen LogP contribution in [-0.4, -0.2) is 51.0 Å². The van der Waals surface area contributed by atoms with Crippen LogP contribution in [0.15, 0.2) is 23.2 Å². The fourth-order valence-corrected chi connectivity index (χ4v) is 3.16. The monoisotopic (exact) mass is 548 g/mol. The van der Waals surface area contributed by atoms with Crippen molar-refractivity contribution in [1.82, 2.24) is 16.0 Å². The number of methoxy groups -OCH3 is 1. The van der Waals surface area contributed by atoms with Gasteiger partial charge in [0.05, 0.1) is 13.2 Å². The first-order valence-corrected chi connectivity index (χ1v) is 10.6. The highest BCUT2D eigenvalue weighted by atomic mass is 127. The number of alkyl carbamates (subject to hydrolysis) is 1. The zero-order valence-corrected chi connectivity index (χ0v) is 21.6.